The maximum absolute atomic E-state index is 13.1. The average molecular weight is 462 g/mol. The van der Waals surface area contributed by atoms with Gasteiger partial charge in [-0.25, -0.2) is 13.3 Å². The Hall–Kier alpha value is -3.11. The maximum Gasteiger partial charge on any atom is 0.256 e. The van der Waals surface area contributed by atoms with Crippen molar-refractivity contribution in [1.29, 1.82) is 0 Å². The minimum absolute atomic E-state index is 0.0684. The number of imide groups is 1. The van der Waals surface area contributed by atoms with E-state index in [0.717, 1.165) is 4.90 Å². The first-order valence-corrected chi connectivity index (χ1v) is 11.7. The zero-order valence-corrected chi connectivity index (χ0v) is 19.3. The Balaban J connectivity index is 1.85. The van der Waals surface area contributed by atoms with Crippen LogP contribution in [0.3, 0.4) is 0 Å². The summed E-state index contributed by atoms with van der Waals surface area (Å²) in [7, 11) is -0.694. The van der Waals surface area contributed by atoms with Crippen molar-refractivity contribution in [2.45, 2.75) is 31.2 Å². The van der Waals surface area contributed by atoms with Crippen LogP contribution in [0.1, 0.15) is 20.3 Å². The summed E-state index contributed by atoms with van der Waals surface area (Å²) >= 11 is 0. The molecule has 0 spiro atoms. The van der Waals surface area contributed by atoms with Gasteiger partial charge in [-0.15, -0.1) is 0 Å². The lowest BCUT2D eigenvalue weighted by molar-refractivity contribution is -0.121. The zero-order chi connectivity index (χ0) is 23.5. The van der Waals surface area contributed by atoms with Crippen LogP contribution in [0, 0.1) is 0 Å². The molecule has 1 fully saturated rings. The van der Waals surface area contributed by atoms with Crippen LogP contribution < -0.4 is 19.7 Å². The highest BCUT2D eigenvalue weighted by molar-refractivity contribution is 7.89. The lowest BCUT2D eigenvalue weighted by atomic mass is 10.2. The number of amides is 2. The second-order valence-electron chi connectivity index (χ2n) is 7.12. The Morgan fingerprint density at radius 1 is 1.06 bits per heavy atom. The number of carbonyl (C=O) groups is 2. The molecule has 172 valence electrons. The minimum Gasteiger partial charge on any atom is -0.497 e. The van der Waals surface area contributed by atoms with Gasteiger partial charge in [0.2, 0.25) is 15.9 Å². The highest BCUT2D eigenvalue weighted by atomic mass is 32.2. The number of nitrogens with one attached hydrogen (secondary N) is 1. The van der Waals surface area contributed by atoms with E-state index in [9.17, 15) is 18.0 Å². The van der Waals surface area contributed by atoms with Crippen LogP contribution in [0.25, 0.3) is 0 Å². The molecule has 9 nitrogen and oxygen atoms in total. The first-order valence-electron chi connectivity index (χ1n) is 10.2. The normalized spacial score (nSPS) is 16.5. The van der Waals surface area contributed by atoms with Crippen LogP contribution >= 0.6 is 0 Å². The van der Waals surface area contributed by atoms with Crippen LogP contribution in [0.5, 0.6) is 11.5 Å². The van der Waals surface area contributed by atoms with Gasteiger partial charge in [-0.3, -0.25) is 9.59 Å². The Labute approximate surface area is 188 Å². The summed E-state index contributed by atoms with van der Waals surface area (Å²) < 4.78 is 37.5. The Kier molecular flexibility index (Phi) is 7.05. The summed E-state index contributed by atoms with van der Waals surface area (Å²) in [5.41, 5.74) is 0.762. The average Bonchev–Trinajstić information content (AvgIpc) is 3.06. The lowest BCUT2D eigenvalue weighted by Gasteiger charge is -2.20. The van der Waals surface area contributed by atoms with Gasteiger partial charge < -0.3 is 14.8 Å². The molecule has 1 saturated heterocycles. The molecule has 10 heteroatoms. The van der Waals surface area contributed by atoms with E-state index >= 15 is 0 Å². The van der Waals surface area contributed by atoms with E-state index in [1.165, 1.54) is 30.7 Å². The fraction of sp³-hybridized carbons (Fsp3) is 0.364. The van der Waals surface area contributed by atoms with E-state index in [1.807, 2.05) is 0 Å². The van der Waals surface area contributed by atoms with Crippen molar-refractivity contribution in [2.75, 3.05) is 37.5 Å². The molecule has 0 radical (unpaired) electrons. The number of nitrogens with zero attached hydrogens (tertiary/aromatic N) is 2. The van der Waals surface area contributed by atoms with Crippen molar-refractivity contribution < 1.29 is 27.5 Å². The number of benzene rings is 2. The summed E-state index contributed by atoms with van der Waals surface area (Å²) in [5, 5.41) is 3.01. The van der Waals surface area contributed by atoms with Gasteiger partial charge in [0.05, 0.1) is 31.2 Å². The summed E-state index contributed by atoms with van der Waals surface area (Å²) in [4.78, 5) is 26.9. The van der Waals surface area contributed by atoms with Crippen LogP contribution in [-0.2, 0) is 19.6 Å². The standard InChI is InChI=1S/C22H27N3O6S/c1-5-24(6-2)32(28,29)17-9-7-8-15(12-17)23-18-14-21(26)25(22(18)27)19-11-10-16(30-3)13-20(19)31-4/h7-13,18,23H,5-6,14H2,1-4H3. The molecule has 0 saturated carbocycles. The number of ether oxygens (including phenoxy) is 2. The van der Waals surface area contributed by atoms with E-state index < -0.39 is 22.0 Å². The number of hydrogen-bond donors (Lipinski definition) is 1. The molecule has 1 aliphatic heterocycles. The molecule has 1 atom stereocenters. The van der Waals surface area contributed by atoms with E-state index in [0.29, 0.717) is 36.0 Å². The summed E-state index contributed by atoms with van der Waals surface area (Å²) in [5.74, 6) is 0.0305. The number of anilines is 2. The second kappa shape index (κ2) is 9.58. The largest absolute Gasteiger partial charge is 0.497 e. The Bertz CT molecular complexity index is 1110. The van der Waals surface area contributed by atoms with E-state index in [4.69, 9.17) is 9.47 Å². The Morgan fingerprint density at radius 2 is 1.78 bits per heavy atom. The van der Waals surface area contributed by atoms with Crippen molar-refractivity contribution in [3.05, 3.63) is 42.5 Å². The van der Waals surface area contributed by atoms with Gasteiger partial charge in [0.15, 0.2) is 0 Å². The Morgan fingerprint density at radius 3 is 2.41 bits per heavy atom. The molecule has 32 heavy (non-hydrogen) atoms. The number of methoxy groups -OCH3 is 2. The van der Waals surface area contributed by atoms with Crippen molar-refractivity contribution in [1.82, 2.24) is 4.31 Å². The first kappa shape index (κ1) is 23.6. The topological polar surface area (TPSA) is 105 Å². The molecule has 1 aliphatic rings. The number of sulfonamides is 1. The predicted molar refractivity (Wildman–Crippen MR) is 121 cm³/mol. The molecule has 0 aromatic heterocycles. The van der Waals surface area contributed by atoms with Crippen molar-refractivity contribution >= 4 is 33.2 Å². The number of hydrogen-bond acceptors (Lipinski definition) is 7. The molecule has 2 aromatic rings. The van der Waals surface area contributed by atoms with Gasteiger partial charge in [-0.2, -0.15) is 4.31 Å². The van der Waals surface area contributed by atoms with Gasteiger partial charge in [0.25, 0.3) is 5.91 Å². The van der Waals surface area contributed by atoms with E-state index in [-0.39, 0.29) is 17.2 Å². The summed E-state index contributed by atoms with van der Waals surface area (Å²) in [6.45, 7) is 4.25. The van der Waals surface area contributed by atoms with Gasteiger partial charge in [-0.05, 0) is 30.3 Å². The van der Waals surface area contributed by atoms with E-state index in [1.54, 1.807) is 44.2 Å². The van der Waals surface area contributed by atoms with Gasteiger partial charge in [-0.1, -0.05) is 19.9 Å². The fourth-order valence-electron chi connectivity index (χ4n) is 3.63. The van der Waals surface area contributed by atoms with Crippen molar-refractivity contribution in [2.24, 2.45) is 0 Å². The molecule has 1 N–H and O–H groups in total. The number of carbonyl (C=O) groups excluding carboxylic acids is 2. The van der Waals surface area contributed by atoms with Crippen LogP contribution in [0.4, 0.5) is 11.4 Å². The maximum atomic E-state index is 13.1. The molecule has 2 amide bonds. The molecular weight excluding hydrogens is 434 g/mol. The zero-order valence-electron chi connectivity index (χ0n) is 18.5. The van der Waals surface area contributed by atoms with Crippen LogP contribution in [0.2, 0.25) is 0 Å². The molecule has 0 bridgehead atoms. The van der Waals surface area contributed by atoms with E-state index in [2.05, 4.69) is 5.32 Å². The molecule has 3 rings (SSSR count). The highest BCUT2D eigenvalue weighted by Gasteiger charge is 2.41. The van der Waals surface area contributed by atoms with Crippen LogP contribution in [0.15, 0.2) is 47.4 Å². The molecular formula is C22H27N3O6S. The first-order chi connectivity index (χ1) is 15.3. The smallest absolute Gasteiger partial charge is 0.256 e. The lowest BCUT2D eigenvalue weighted by Crippen LogP contribution is -2.35. The molecule has 1 unspecified atom stereocenters. The number of rotatable bonds is 9. The van der Waals surface area contributed by atoms with Crippen molar-refractivity contribution in [3.63, 3.8) is 0 Å². The van der Waals surface area contributed by atoms with Gasteiger partial charge in [0, 0.05) is 24.8 Å². The van der Waals surface area contributed by atoms with Gasteiger partial charge >= 0.3 is 0 Å². The monoisotopic (exact) mass is 461 g/mol. The molecule has 2 aromatic carbocycles. The molecule has 1 heterocycles. The fourth-order valence-corrected chi connectivity index (χ4v) is 5.13. The van der Waals surface area contributed by atoms with Crippen molar-refractivity contribution in [3.8, 4) is 11.5 Å². The third kappa shape index (κ3) is 4.42. The highest BCUT2D eigenvalue weighted by Crippen LogP contribution is 2.35. The second-order valence-corrected chi connectivity index (χ2v) is 9.06. The van der Waals surface area contributed by atoms with Gasteiger partial charge in [0.1, 0.15) is 17.5 Å². The third-order valence-corrected chi connectivity index (χ3v) is 7.34. The minimum atomic E-state index is -3.65. The SMILES string of the molecule is CCN(CC)S(=O)(=O)c1cccc(NC2CC(=O)N(c3ccc(OC)cc3OC)C2=O)c1. The van der Waals surface area contributed by atoms with Crippen LogP contribution in [-0.4, -0.2) is 57.9 Å². The third-order valence-electron chi connectivity index (χ3n) is 5.29. The predicted octanol–water partition coefficient (Wildman–Crippen LogP) is 2.48. The summed E-state index contributed by atoms with van der Waals surface area (Å²) in [6.07, 6.45) is -0.0684. The molecule has 0 aliphatic carbocycles. The summed E-state index contributed by atoms with van der Waals surface area (Å²) in [6, 6.07) is 10.2. The quantitative estimate of drug-likeness (QED) is 0.572.